The van der Waals surface area contributed by atoms with E-state index in [0.29, 0.717) is 34.9 Å². The molecule has 0 atom stereocenters. The third-order valence-electron chi connectivity index (χ3n) is 22.3. The van der Waals surface area contributed by atoms with Gasteiger partial charge in [0.05, 0.1) is 33.6 Å². The lowest BCUT2D eigenvalue weighted by atomic mass is 9.49. The molecule has 0 saturated carbocycles. The zero-order valence-corrected chi connectivity index (χ0v) is 66.9. The fourth-order valence-electron chi connectivity index (χ4n) is 13.4. The van der Waals surface area contributed by atoms with Gasteiger partial charge in [-0.1, -0.05) is 319 Å². The van der Waals surface area contributed by atoms with Crippen molar-refractivity contribution in [1.29, 1.82) is 0 Å². The number of rotatable bonds is 14. The average molecular weight is 1530 g/mol. The van der Waals surface area contributed by atoms with E-state index >= 15 is 0 Å². The highest BCUT2D eigenvalue weighted by molar-refractivity contribution is 9.10. The summed E-state index contributed by atoms with van der Waals surface area (Å²) >= 11 is 3.51. The molecule has 17 rings (SSSR count). The highest BCUT2D eigenvalue weighted by Gasteiger charge is 2.64. The molecule has 3 aliphatic rings. The number of nitrogens with zero attached hydrogens (tertiary/aromatic N) is 6. The predicted molar refractivity (Wildman–Crippen MR) is 460 cm³/mol. The van der Waals surface area contributed by atoms with Gasteiger partial charge in [-0.05, 0) is 167 Å². The van der Waals surface area contributed by atoms with Crippen molar-refractivity contribution in [2.75, 3.05) is 0 Å². The van der Waals surface area contributed by atoms with Crippen LogP contribution in [0.4, 0.5) is 0 Å². The molecule has 5 heterocycles. The maximum Gasteiger partial charge on any atom is 0.494 e. The molecule has 0 aliphatic carbocycles. The van der Waals surface area contributed by atoms with E-state index in [2.05, 4.69) is 286 Å². The highest BCUT2D eigenvalue weighted by Crippen LogP contribution is 2.44. The number of benzene rings is 12. The Kier molecular flexibility index (Phi) is 21.6. The summed E-state index contributed by atoms with van der Waals surface area (Å²) in [6, 6.07) is 109. The monoisotopic (exact) mass is 1530 g/mol. The zero-order chi connectivity index (χ0) is 78.0. The summed E-state index contributed by atoms with van der Waals surface area (Å²) in [5, 5.41) is 0. The summed E-state index contributed by atoms with van der Waals surface area (Å²) in [6.45, 7) is 24.5. The van der Waals surface area contributed by atoms with E-state index in [1.165, 1.54) is 22.3 Å². The minimum Gasteiger partial charge on any atom is -0.405 e. The van der Waals surface area contributed by atoms with Gasteiger partial charge >= 0.3 is 21.1 Å². The van der Waals surface area contributed by atoms with Crippen LogP contribution >= 0.6 is 15.9 Å². The Balaban J connectivity index is 0.000000147. The molecule has 3 fully saturated rings. The number of hydrogen-bond donors (Lipinski definition) is 0. The van der Waals surface area contributed by atoms with Crippen LogP contribution in [-0.4, -0.2) is 84.6 Å². The van der Waals surface area contributed by atoms with Crippen LogP contribution in [0.5, 0.6) is 0 Å². The van der Waals surface area contributed by atoms with Gasteiger partial charge in [0.2, 0.25) is 0 Å². The number of aromatic nitrogens is 6. The van der Waals surface area contributed by atoms with Gasteiger partial charge in [-0.2, -0.15) is 0 Å². The summed E-state index contributed by atoms with van der Waals surface area (Å²) in [7, 11) is -1.32. The second kappa shape index (κ2) is 31.7. The first-order valence-electron chi connectivity index (χ1n) is 38.1. The van der Waals surface area contributed by atoms with E-state index in [4.69, 9.17) is 57.8 Å². The molecule has 0 radical (unpaired) electrons. The second-order valence-electron chi connectivity index (χ2n) is 31.5. The van der Waals surface area contributed by atoms with E-state index in [0.717, 1.165) is 87.8 Å². The summed E-state index contributed by atoms with van der Waals surface area (Å²) in [4.78, 5) is 29.5. The molecular weight excluding hydrogens is 1450 g/mol. The van der Waals surface area contributed by atoms with E-state index < -0.39 is 14.0 Å². The van der Waals surface area contributed by atoms with Crippen molar-refractivity contribution < 1.29 is 27.9 Å². The van der Waals surface area contributed by atoms with Crippen LogP contribution < -0.4 is 5.46 Å². The Hall–Kier alpha value is -10.9. The van der Waals surface area contributed by atoms with Gasteiger partial charge in [0.15, 0.2) is 34.9 Å². The molecule has 3 aliphatic heterocycles. The van der Waals surface area contributed by atoms with Crippen molar-refractivity contribution in [2.45, 2.75) is 117 Å². The molecule has 0 N–H and O–H groups in total. The fourth-order valence-corrected chi connectivity index (χ4v) is 13.6. The van der Waals surface area contributed by atoms with Gasteiger partial charge in [0.1, 0.15) is 0 Å². The quantitative estimate of drug-likeness (QED) is 0.0960. The van der Waals surface area contributed by atoms with E-state index in [1.54, 1.807) is 0 Å². The molecule has 12 aromatic carbocycles. The Labute approximate surface area is 667 Å². The molecule has 0 unspecified atom stereocenters. The summed E-state index contributed by atoms with van der Waals surface area (Å²) in [6.07, 6.45) is 0. The van der Waals surface area contributed by atoms with Crippen molar-refractivity contribution in [1.82, 2.24) is 29.9 Å². The Morgan fingerprint density at radius 3 is 0.554 bits per heavy atom. The molecule has 112 heavy (non-hydrogen) atoms. The topological polar surface area (TPSA) is 133 Å². The molecule has 0 spiro atoms. The lowest BCUT2D eigenvalue weighted by Crippen LogP contribution is -2.41. The standard InChI is InChI=1S/C45H38BN3O2.C39H26BrN3.C12H24B2O4/c1-44(2)45(3,4)51-46(50-44)40-29-27-36(28-30-40)34-17-15-33(16-18-34)35-21-25-39(26-22-35)43-48-41(37-13-9-6-10-14-37)47-42(49-43)38-23-19-32(20-24-38)31-11-7-5-8-12-31;40-36-25-23-32(24-26-36)30-13-11-29(12-14-30)31-17-21-35(22-18-31)39-42-37(33-9-5-2-6-10-33)41-38(43-39)34-19-15-28(16-20-34)27-7-3-1-4-8-27;1-9(2)10(3,4)16-13(15-9)14-17-11(5,6)12(7,8)18-14/h5-30H,1-4H3;1-26H;1-8H3. The largest absolute Gasteiger partial charge is 0.494 e. The van der Waals surface area contributed by atoms with E-state index in [-0.39, 0.29) is 40.7 Å². The van der Waals surface area contributed by atoms with Gasteiger partial charge < -0.3 is 27.9 Å². The van der Waals surface area contributed by atoms with Crippen LogP contribution in [-0.2, 0) is 27.9 Å². The SMILES string of the molecule is Brc1ccc(-c2ccc(-c3ccc(-c4nc(-c5ccccc5)nc(-c5ccc(-c6ccccc6)cc5)n4)cc3)cc2)cc1.CC1(C)OB(B2OC(C)(C)C(C)(C)O2)OC1(C)C.CC1(C)OB(c2ccc(-c3ccc(-c4ccc(-c5nc(-c6ccccc6)nc(-c6ccc(-c7ccccc7)cc6)n5)cc4)cc3)cc2)OC1(C)C. The Bertz CT molecular complexity index is 5480. The molecule has 12 nitrogen and oxygen atoms in total. The van der Waals surface area contributed by atoms with Crippen LogP contribution in [0.15, 0.2) is 320 Å². The van der Waals surface area contributed by atoms with Crippen molar-refractivity contribution >= 4 is 42.5 Å². The van der Waals surface area contributed by atoms with Gasteiger partial charge in [-0.15, -0.1) is 0 Å². The third-order valence-corrected chi connectivity index (χ3v) is 22.8. The van der Waals surface area contributed by atoms with E-state index in [1.807, 2.05) is 128 Å². The Morgan fingerprint density at radius 1 is 0.188 bits per heavy atom. The van der Waals surface area contributed by atoms with Crippen molar-refractivity contribution in [3.8, 4) is 135 Å². The summed E-state index contributed by atoms with van der Waals surface area (Å²) in [5.41, 5.74) is 18.4. The first kappa shape index (κ1) is 76.5. The van der Waals surface area contributed by atoms with E-state index in [9.17, 15) is 0 Å². The van der Waals surface area contributed by atoms with Gasteiger partial charge in [0.25, 0.3) is 0 Å². The lowest BCUT2D eigenvalue weighted by Gasteiger charge is -2.32. The Morgan fingerprint density at radius 2 is 0.339 bits per heavy atom. The molecule has 14 aromatic rings. The highest BCUT2D eigenvalue weighted by atomic mass is 79.9. The summed E-state index contributed by atoms with van der Waals surface area (Å²) in [5.74, 6) is 3.87. The predicted octanol–water partition coefficient (Wildman–Crippen LogP) is 23.1. The number of hydrogen-bond acceptors (Lipinski definition) is 12. The average Bonchev–Trinajstić information content (AvgIpc) is 1.60. The van der Waals surface area contributed by atoms with Gasteiger partial charge in [0, 0.05) is 37.9 Å². The molecular formula is C96H88B3BrN6O6. The molecule has 554 valence electrons. The second-order valence-corrected chi connectivity index (χ2v) is 32.4. The van der Waals surface area contributed by atoms with Crippen LogP contribution in [0.3, 0.4) is 0 Å². The fraction of sp³-hybridized carbons (Fsp3) is 0.188. The normalized spacial score (nSPS) is 16.1. The number of halogens is 1. The van der Waals surface area contributed by atoms with Crippen molar-refractivity contribution in [2.24, 2.45) is 0 Å². The van der Waals surface area contributed by atoms with Gasteiger partial charge in [-0.3, -0.25) is 0 Å². The van der Waals surface area contributed by atoms with Crippen LogP contribution in [0.1, 0.15) is 83.1 Å². The van der Waals surface area contributed by atoms with Crippen molar-refractivity contribution in [3.63, 3.8) is 0 Å². The molecule has 16 heteroatoms. The van der Waals surface area contributed by atoms with Crippen LogP contribution in [0.2, 0.25) is 0 Å². The molecule has 0 amide bonds. The third kappa shape index (κ3) is 16.8. The molecule has 3 saturated heterocycles. The van der Waals surface area contributed by atoms with Crippen molar-refractivity contribution in [3.05, 3.63) is 320 Å². The zero-order valence-electron chi connectivity index (χ0n) is 65.3. The maximum absolute atomic E-state index is 6.23. The maximum atomic E-state index is 6.23. The first-order valence-corrected chi connectivity index (χ1v) is 38.9. The smallest absolute Gasteiger partial charge is 0.405 e. The minimum absolute atomic E-state index is 0.360. The molecule has 0 bridgehead atoms. The first-order chi connectivity index (χ1) is 53.8. The lowest BCUT2D eigenvalue weighted by molar-refractivity contribution is 0.00578. The van der Waals surface area contributed by atoms with Gasteiger partial charge in [-0.25, -0.2) is 29.9 Å². The minimum atomic E-state index is -0.476. The van der Waals surface area contributed by atoms with Crippen LogP contribution in [0, 0.1) is 0 Å². The molecule has 2 aromatic heterocycles. The summed E-state index contributed by atoms with van der Waals surface area (Å²) < 4.78 is 37.4. The van der Waals surface area contributed by atoms with Crippen LogP contribution in [0.25, 0.3) is 135 Å².